The number of para-hydroxylation sites is 1. The van der Waals surface area contributed by atoms with E-state index in [-0.39, 0.29) is 6.04 Å². The first-order chi connectivity index (χ1) is 10.3. The molecule has 0 aliphatic rings. The maximum absolute atomic E-state index is 5.68. The summed E-state index contributed by atoms with van der Waals surface area (Å²) >= 11 is 0. The van der Waals surface area contributed by atoms with Crippen LogP contribution in [0.25, 0.3) is 10.9 Å². The number of nitrogens with zero attached hydrogens (tertiary/aromatic N) is 4. The molecule has 0 aliphatic carbocycles. The van der Waals surface area contributed by atoms with E-state index in [1.165, 1.54) is 0 Å². The summed E-state index contributed by atoms with van der Waals surface area (Å²) in [7, 11) is 0. The Balaban J connectivity index is 1.97. The predicted octanol–water partition coefficient (Wildman–Crippen LogP) is 1.59. The Bertz CT molecular complexity index is 721. The second-order valence-electron chi connectivity index (χ2n) is 4.83. The van der Waals surface area contributed by atoms with Gasteiger partial charge in [0.05, 0.1) is 29.1 Å². The van der Waals surface area contributed by atoms with Crippen LogP contribution in [-0.2, 0) is 13.0 Å². The Labute approximate surface area is 123 Å². The standard InChI is InChI=1S/C15H18N6/c1-2-21-15-6-4-3-5-11(15)12(20-21)9-13(19-16)14-10-17-7-8-18-14/h3-8,10,13,19H,2,9,16H2,1H3. The number of hydrogen-bond acceptors (Lipinski definition) is 5. The smallest absolute Gasteiger partial charge is 0.0773 e. The number of nitrogens with one attached hydrogen (secondary N) is 1. The number of hydrogen-bond donors (Lipinski definition) is 2. The molecule has 0 fully saturated rings. The second kappa shape index (κ2) is 5.99. The zero-order valence-corrected chi connectivity index (χ0v) is 11.9. The third kappa shape index (κ3) is 2.63. The van der Waals surface area contributed by atoms with Crippen LogP contribution in [0, 0.1) is 0 Å². The van der Waals surface area contributed by atoms with E-state index < -0.39 is 0 Å². The van der Waals surface area contributed by atoms with Crippen molar-refractivity contribution < 1.29 is 0 Å². The number of nitrogens with two attached hydrogens (primary N) is 1. The second-order valence-corrected chi connectivity index (χ2v) is 4.83. The van der Waals surface area contributed by atoms with Gasteiger partial charge in [0.2, 0.25) is 0 Å². The maximum atomic E-state index is 5.68. The summed E-state index contributed by atoms with van der Waals surface area (Å²) in [6, 6.07) is 8.13. The molecular weight excluding hydrogens is 264 g/mol. The maximum Gasteiger partial charge on any atom is 0.0773 e. The molecule has 0 saturated heterocycles. The quantitative estimate of drug-likeness (QED) is 0.548. The summed E-state index contributed by atoms with van der Waals surface area (Å²) in [6.07, 6.45) is 5.72. The van der Waals surface area contributed by atoms with Crippen LogP contribution in [-0.4, -0.2) is 19.7 Å². The van der Waals surface area contributed by atoms with E-state index in [0.717, 1.165) is 28.8 Å². The van der Waals surface area contributed by atoms with Crippen LogP contribution in [0.3, 0.4) is 0 Å². The van der Waals surface area contributed by atoms with Gasteiger partial charge in [-0.2, -0.15) is 5.10 Å². The van der Waals surface area contributed by atoms with Gasteiger partial charge in [-0.25, -0.2) is 0 Å². The molecule has 0 saturated carbocycles. The summed E-state index contributed by atoms with van der Waals surface area (Å²) < 4.78 is 2.01. The number of aromatic nitrogens is 4. The molecule has 3 rings (SSSR count). The molecule has 108 valence electrons. The van der Waals surface area contributed by atoms with Crippen LogP contribution in [0.15, 0.2) is 42.9 Å². The fourth-order valence-electron chi connectivity index (χ4n) is 2.52. The van der Waals surface area contributed by atoms with Gasteiger partial charge in [0, 0.05) is 30.7 Å². The van der Waals surface area contributed by atoms with Gasteiger partial charge >= 0.3 is 0 Å². The lowest BCUT2D eigenvalue weighted by molar-refractivity contribution is 0.525. The van der Waals surface area contributed by atoms with Crippen LogP contribution in [0.5, 0.6) is 0 Å². The van der Waals surface area contributed by atoms with E-state index in [1.807, 2.05) is 16.8 Å². The van der Waals surface area contributed by atoms with E-state index in [2.05, 4.69) is 34.5 Å². The molecule has 3 N–H and O–H groups in total. The average molecular weight is 282 g/mol. The highest BCUT2D eigenvalue weighted by Gasteiger charge is 2.17. The van der Waals surface area contributed by atoms with Gasteiger partial charge in [-0.05, 0) is 13.0 Å². The van der Waals surface area contributed by atoms with Crippen molar-refractivity contribution in [1.82, 2.24) is 25.2 Å². The molecule has 1 atom stereocenters. The van der Waals surface area contributed by atoms with Crippen molar-refractivity contribution in [3.05, 3.63) is 54.2 Å². The van der Waals surface area contributed by atoms with Crippen molar-refractivity contribution in [2.24, 2.45) is 5.84 Å². The molecule has 2 aromatic heterocycles. The third-order valence-electron chi connectivity index (χ3n) is 3.57. The molecule has 1 unspecified atom stereocenters. The lowest BCUT2D eigenvalue weighted by Crippen LogP contribution is -2.30. The number of benzene rings is 1. The fraction of sp³-hybridized carbons (Fsp3) is 0.267. The monoisotopic (exact) mass is 282 g/mol. The largest absolute Gasteiger partial charge is 0.271 e. The lowest BCUT2D eigenvalue weighted by Gasteiger charge is -2.13. The summed E-state index contributed by atoms with van der Waals surface area (Å²) in [6.45, 7) is 2.93. The highest BCUT2D eigenvalue weighted by molar-refractivity contribution is 5.82. The highest BCUT2D eigenvalue weighted by Crippen LogP contribution is 2.23. The van der Waals surface area contributed by atoms with Crippen LogP contribution >= 0.6 is 0 Å². The normalized spacial score (nSPS) is 12.7. The highest BCUT2D eigenvalue weighted by atomic mass is 15.3. The van der Waals surface area contributed by atoms with Gasteiger partial charge in [-0.15, -0.1) is 0 Å². The van der Waals surface area contributed by atoms with Gasteiger partial charge in [0.25, 0.3) is 0 Å². The molecule has 0 amide bonds. The SMILES string of the molecule is CCn1nc(CC(NN)c2cnccn2)c2ccccc21. The number of aryl methyl sites for hydroxylation is 1. The summed E-state index contributed by atoms with van der Waals surface area (Å²) in [5.41, 5.74) is 5.78. The average Bonchev–Trinajstić information content (AvgIpc) is 2.91. The van der Waals surface area contributed by atoms with Crippen LogP contribution in [0.1, 0.15) is 24.4 Å². The van der Waals surface area contributed by atoms with E-state index in [4.69, 9.17) is 10.9 Å². The van der Waals surface area contributed by atoms with Gasteiger partial charge in [0.15, 0.2) is 0 Å². The molecule has 2 heterocycles. The summed E-state index contributed by atoms with van der Waals surface area (Å²) in [5, 5.41) is 5.85. The third-order valence-corrected chi connectivity index (χ3v) is 3.57. The Morgan fingerprint density at radius 2 is 2.14 bits per heavy atom. The van der Waals surface area contributed by atoms with E-state index in [9.17, 15) is 0 Å². The first-order valence-electron chi connectivity index (χ1n) is 7.00. The van der Waals surface area contributed by atoms with Crippen molar-refractivity contribution in [3.63, 3.8) is 0 Å². The van der Waals surface area contributed by atoms with Gasteiger partial charge in [0.1, 0.15) is 0 Å². The first kappa shape index (κ1) is 13.7. The van der Waals surface area contributed by atoms with Gasteiger partial charge in [-0.1, -0.05) is 18.2 Å². The Kier molecular flexibility index (Phi) is 3.89. The number of rotatable bonds is 5. The minimum absolute atomic E-state index is 0.109. The van der Waals surface area contributed by atoms with Crippen molar-refractivity contribution in [3.8, 4) is 0 Å². The Hall–Kier alpha value is -2.31. The molecular formula is C15H18N6. The molecule has 0 spiro atoms. The molecule has 6 heteroatoms. The zero-order chi connectivity index (χ0) is 14.7. The molecule has 0 bridgehead atoms. The summed E-state index contributed by atoms with van der Waals surface area (Å²) in [5.74, 6) is 5.68. The Morgan fingerprint density at radius 1 is 1.29 bits per heavy atom. The molecule has 0 radical (unpaired) electrons. The molecule has 21 heavy (non-hydrogen) atoms. The van der Waals surface area contributed by atoms with Crippen molar-refractivity contribution in [1.29, 1.82) is 0 Å². The predicted molar refractivity (Wildman–Crippen MR) is 81.2 cm³/mol. The van der Waals surface area contributed by atoms with Crippen LogP contribution < -0.4 is 11.3 Å². The van der Waals surface area contributed by atoms with E-state index >= 15 is 0 Å². The summed E-state index contributed by atoms with van der Waals surface area (Å²) in [4.78, 5) is 8.41. The minimum atomic E-state index is -0.109. The lowest BCUT2D eigenvalue weighted by atomic mass is 10.1. The number of hydrazine groups is 1. The Morgan fingerprint density at radius 3 is 2.86 bits per heavy atom. The molecule has 3 aromatic rings. The molecule has 6 nitrogen and oxygen atoms in total. The van der Waals surface area contributed by atoms with E-state index in [1.54, 1.807) is 18.6 Å². The zero-order valence-electron chi connectivity index (χ0n) is 11.9. The first-order valence-corrected chi connectivity index (χ1v) is 7.00. The van der Waals surface area contributed by atoms with Gasteiger partial charge < -0.3 is 0 Å². The number of fused-ring (bicyclic) bond motifs is 1. The topological polar surface area (TPSA) is 81.7 Å². The van der Waals surface area contributed by atoms with Crippen molar-refractivity contribution in [2.75, 3.05) is 0 Å². The van der Waals surface area contributed by atoms with Crippen LogP contribution in [0.2, 0.25) is 0 Å². The van der Waals surface area contributed by atoms with Gasteiger partial charge in [-0.3, -0.25) is 25.9 Å². The molecule has 0 aliphatic heterocycles. The minimum Gasteiger partial charge on any atom is -0.271 e. The molecule has 1 aromatic carbocycles. The van der Waals surface area contributed by atoms with Crippen molar-refractivity contribution in [2.45, 2.75) is 25.9 Å². The van der Waals surface area contributed by atoms with Crippen LogP contribution in [0.4, 0.5) is 0 Å². The fourth-order valence-corrected chi connectivity index (χ4v) is 2.52. The van der Waals surface area contributed by atoms with E-state index in [0.29, 0.717) is 6.42 Å². The van der Waals surface area contributed by atoms with Crippen molar-refractivity contribution >= 4 is 10.9 Å².